The van der Waals surface area contributed by atoms with Crippen LogP contribution in [0, 0.1) is 0 Å². The fraction of sp³-hybridized carbons (Fsp3) is 0.750. The number of hydrogen-bond acceptors (Lipinski definition) is 6. The second-order valence-corrected chi connectivity index (χ2v) is 10.0. The number of anilines is 2. The lowest BCUT2D eigenvalue weighted by molar-refractivity contribution is -0.120. The van der Waals surface area contributed by atoms with E-state index >= 15 is 0 Å². The Labute approximate surface area is 181 Å². The summed E-state index contributed by atoms with van der Waals surface area (Å²) in [6.07, 6.45) is 9.31. The third kappa shape index (κ3) is 3.69. The van der Waals surface area contributed by atoms with Crippen molar-refractivity contribution in [2.75, 3.05) is 23.3 Å². The number of amides is 1. The molecule has 2 aliphatic carbocycles. The molecule has 0 radical (unpaired) electrons. The average molecular weight is 441 g/mol. The Morgan fingerprint density at radius 1 is 1.17 bits per heavy atom. The molecule has 1 spiro atoms. The third-order valence-corrected chi connectivity index (χ3v) is 7.81. The zero-order valence-electron chi connectivity index (χ0n) is 17.8. The van der Waals surface area contributed by atoms with Crippen molar-refractivity contribution in [3.8, 4) is 0 Å². The zero-order chi connectivity index (χ0) is 21.5. The Morgan fingerprint density at radius 3 is 2.37 bits per heavy atom. The topological polar surface area (TPSA) is 122 Å². The van der Waals surface area contributed by atoms with E-state index < -0.39 is 10.2 Å². The number of carbonyl (C=O) groups is 1. The molecule has 5 rings (SSSR count). The van der Waals surface area contributed by atoms with Crippen molar-refractivity contribution >= 4 is 27.9 Å². The molecule has 2 aliphatic heterocycles. The fourth-order valence-electron chi connectivity index (χ4n) is 4.95. The molecule has 170 valence electrons. The maximum Gasteiger partial charge on any atom is 0.276 e. The second-order valence-electron chi connectivity index (χ2n) is 8.49. The first-order valence-electron chi connectivity index (χ1n) is 11.1. The highest BCUT2D eigenvalue weighted by Gasteiger charge is 2.61. The van der Waals surface area contributed by atoms with E-state index in [1.54, 1.807) is 0 Å². The maximum absolute atomic E-state index is 13.1. The monoisotopic (exact) mass is 440 g/mol. The maximum atomic E-state index is 13.1. The van der Waals surface area contributed by atoms with Crippen LogP contribution in [0.15, 0.2) is 6.20 Å². The van der Waals surface area contributed by atoms with Crippen molar-refractivity contribution in [3.05, 3.63) is 11.8 Å². The highest BCUT2D eigenvalue weighted by molar-refractivity contribution is 7.86. The quantitative estimate of drug-likeness (QED) is 0.741. The number of hydrogen-bond donors (Lipinski definition) is 2. The Bertz CT molecular complexity index is 914. The Balaban J connectivity index is 0.000000884. The summed E-state index contributed by atoms with van der Waals surface area (Å²) in [5.74, 6) is 1.51. The van der Waals surface area contributed by atoms with Gasteiger partial charge in [-0.25, -0.2) is 10.1 Å². The summed E-state index contributed by atoms with van der Waals surface area (Å²) in [7, 11) is -3.63. The standard InChI is InChI=1S/C18H26N6O3S.C2H6.2H2/c19-28(26,27)23-9-5-12(6-10-23)21-17-20-11-14-15(22-17)24(13-3-1-2-4-13)16(25)18(14)7-8-18;1-2;;/h11-13H,1-10H2,(H2,19,26,27)(H,20,21,22);1-2H3;2*1H. The van der Waals surface area contributed by atoms with Gasteiger partial charge >= 0.3 is 0 Å². The third-order valence-electron chi connectivity index (χ3n) is 6.73. The van der Waals surface area contributed by atoms with Crippen LogP contribution in [0.3, 0.4) is 0 Å². The van der Waals surface area contributed by atoms with Gasteiger partial charge in [0.25, 0.3) is 10.2 Å². The second kappa shape index (κ2) is 8.05. The van der Waals surface area contributed by atoms with E-state index in [1.807, 2.05) is 24.9 Å². The molecule has 4 aliphatic rings. The molecule has 0 unspecified atom stereocenters. The Morgan fingerprint density at radius 2 is 1.80 bits per heavy atom. The predicted octanol–water partition coefficient (Wildman–Crippen LogP) is 2.40. The summed E-state index contributed by atoms with van der Waals surface area (Å²) in [6, 6.07) is 0.343. The Kier molecular flexibility index (Phi) is 5.75. The molecule has 10 heteroatoms. The number of nitrogens with zero attached hydrogens (tertiary/aromatic N) is 4. The van der Waals surface area contributed by atoms with Crippen LogP contribution in [0.1, 0.15) is 73.6 Å². The summed E-state index contributed by atoms with van der Waals surface area (Å²) in [6.45, 7) is 4.77. The van der Waals surface area contributed by atoms with Gasteiger partial charge in [0.2, 0.25) is 11.9 Å². The largest absolute Gasteiger partial charge is 0.351 e. The van der Waals surface area contributed by atoms with Crippen LogP contribution >= 0.6 is 0 Å². The molecule has 0 atom stereocenters. The summed E-state index contributed by atoms with van der Waals surface area (Å²) in [5.41, 5.74) is 0.621. The molecule has 3 fully saturated rings. The van der Waals surface area contributed by atoms with E-state index in [4.69, 9.17) is 10.1 Å². The lowest BCUT2D eigenvalue weighted by Crippen LogP contribution is -2.45. The summed E-state index contributed by atoms with van der Waals surface area (Å²) in [5, 5.41) is 8.54. The van der Waals surface area contributed by atoms with Crippen LogP contribution in [-0.2, 0) is 20.4 Å². The van der Waals surface area contributed by atoms with Gasteiger partial charge < -0.3 is 5.32 Å². The van der Waals surface area contributed by atoms with E-state index in [0.717, 1.165) is 49.9 Å². The first-order chi connectivity index (χ1) is 14.4. The van der Waals surface area contributed by atoms with E-state index in [2.05, 4.69) is 10.3 Å². The molecule has 1 aromatic rings. The highest BCUT2D eigenvalue weighted by Crippen LogP contribution is 2.57. The van der Waals surface area contributed by atoms with Crippen LogP contribution in [-0.4, -0.2) is 53.8 Å². The van der Waals surface area contributed by atoms with Crippen molar-refractivity contribution in [3.63, 3.8) is 0 Å². The van der Waals surface area contributed by atoms with Gasteiger partial charge in [0, 0.05) is 39.8 Å². The molecular formula is C20H36N6O3S. The van der Waals surface area contributed by atoms with Gasteiger partial charge in [0.05, 0.1) is 5.41 Å². The number of rotatable bonds is 4. The lowest BCUT2D eigenvalue weighted by Gasteiger charge is -2.30. The minimum atomic E-state index is -3.63. The van der Waals surface area contributed by atoms with E-state index in [1.165, 1.54) is 4.31 Å². The number of nitrogens with two attached hydrogens (primary N) is 1. The molecule has 30 heavy (non-hydrogen) atoms. The minimum Gasteiger partial charge on any atom is -0.351 e. The van der Waals surface area contributed by atoms with E-state index in [9.17, 15) is 13.2 Å². The van der Waals surface area contributed by atoms with E-state index in [0.29, 0.717) is 31.9 Å². The number of nitrogens with one attached hydrogen (secondary N) is 1. The SMILES string of the molecule is CC.NS(=O)(=O)N1CCC(Nc2ncc3c(n2)N(C2CCCC2)C(=O)C32CC2)CC1.[HH].[HH]. The predicted molar refractivity (Wildman–Crippen MR) is 120 cm³/mol. The average Bonchev–Trinajstić information content (AvgIpc) is 3.29. The number of aromatic nitrogens is 2. The van der Waals surface area contributed by atoms with Gasteiger partial charge in [-0.2, -0.15) is 17.7 Å². The number of fused-ring (bicyclic) bond motifs is 2. The molecule has 3 heterocycles. The first kappa shape index (κ1) is 21.5. The molecule has 0 aromatic carbocycles. The van der Waals surface area contributed by atoms with Crippen molar-refractivity contribution in [1.29, 1.82) is 0 Å². The van der Waals surface area contributed by atoms with Crippen molar-refractivity contribution < 1.29 is 16.1 Å². The number of piperidine rings is 1. The summed E-state index contributed by atoms with van der Waals surface area (Å²) in [4.78, 5) is 24.3. The smallest absolute Gasteiger partial charge is 0.276 e. The van der Waals surface area contributed by atoms with Gasteiger partial charge in [-0.3, -0.25) is 9.69 Å². The van der Waals surface area contributed by atoms with Crippen molar-refractivity contribution in [2.45, 2.75) is 82.7 Å². The molecule has 2 saturated carbocycles. The summed E-state index contributed by atoms with van der Waals surface area (Å²) < 4.78 is 24.2. The minimum absolute atomic E-state index is 0. The zero-order valence-corrected chi connectivity index (χ0v) is 18.6. The van der Waals surface area contributed by atoms with E-state index in [-0.39, 0.29) is 26.3 Å². The van der Waals surface area contributed by atoms with Crippen molar-refractivity contribution in [1.82, 2.24) is 14.3 Å². The molecule has 1 saturated heterocycles. The van der Waals surface area contributed by atoms with Crippen LogP contribution in [0.5, 0.6) is 0 Å². The van der Waals surface area contributed by atoms with Crippen LogP contribution in [0.4, 0.5) is 11.8 Å². The summed E-state index contributed by atoms with van der Waals surface area (Å²) >= 11 is 0. The molecule has 3 N–H and O–H groups in total. The van der Waals surface area contributed by atoms with Gasteiger partial charge in [0.15, 0.2) is 0 Å². The lowest BCUT2D eigenvalue weighted by atomic mass is 10.0. The highest BCUT2D eigenvalue weighted by atomic mass is 32.2. The van der Waals surface area contributed by atoms with Crippen LogP contribution in [0.2, 0.25) is 0 Å². The Hall–Kier alpha value is -1.78. The van der Waals surface area contributed by atoms with Gasteiger partial charge in [-0.1, -0.05) is 26.7 Å². The molecule has 0 bridgehead atoms. The van der Waals surface area contributed by atoms with Gasteiger partial charge in [-0.15, -0.1) is 0 Å². The van der Waals surface area contributed by atoms with Gasteiger partial charge in [-0.05, 0) is 38.5 Å². The van der Waals surface area contributed by atoms with Crippen LogP contribution < -0.4 is 15.4 Å². The first-order valence-corrected chi connectivity index (χ1v) is 12.6. The number of carbonyl (C=O) groups excluding carboxylic acids is 1. The molecular weight excluding hydrogens is 404 g/mol. The van der Waals surface area contributed by atoms with Crippen molar-refractivity contribution in [2.24, 2.45) is 5.14 Å². The van der Waals surface area contributed by atoms with Crippen LogP contribution in [0.25, 0.3) is 0 Å². The molecule has 1 amide bonds. The molecule has 1 aromatic heterocycles. The fourth-order valence-corrected chi connectivity index (χ4v) is 5.67. The molecule has 9 nitrogen and oxygen atoms in total. The van der Waals surface area contributed by atoms with Gasteiger partial charge in [0.1, 0.15) is 5.82 Å². The normalized spacial score (nSPS) is 24.0.